The largest absolute Gasteiger partial charge is 0.385 e. The molecule has 2 aromatic rings. The van der Waals surface area contributed by atoms with E-state index >= 15 is 0 Å². The van der Waals surface area contributed by atoms with Gasteiger partial charge in [-0.1, -0.05) is 0 Å². The lowest BCUT2D eigenvalue weighted by atomic mass is 9.97. The molecule has 0 radical (unpaired) electrons. The summed E-state index contributed by atoms with van der Waals surface area (Å²) in [4.78, 5) is 2.41. The predicted molar refractivity (Wildman–Crippen MR) is 74.8 cm³/mol. The van der Waals surface area contributed by atoms with Crippen molar-refractivity contribution >= 4 is 16.6 Å². The Balaban J connectivity index is 1.59. The van der Waals surface area contributed by atoms with Gasteiger partial charge in [0.25, 0.3) is 0 Å². The Morgan fingerprint density at radius 3 is 3.06 bits per heavy atom. The van der Waals surface area contributed by atoms with Gasteiger partial charge >= 0.3 is 0 Å². The van der Waals surface area contributed by atoms with Crippen molar-refractivity contribution in [2.75, 3.05) is 32.0 Å². The van der Waals surface area contributed by atoms with Crippen molar-refractivity contribution in [3.63, 3.8) is 0 Å². The molecule has 18 heavy (non-hydrogen) atoms. The minimum atomic E-state index is 0.804. The number of nitrogens with one attached hydrogen (secondary N) is 2. The molecule has 0 atom stereocenters. The Morgan fingerprint density at radius 2 is 2.22 bits per heavy atom. The van der Waals surface area contributed by atoms with Crippen molar-refractivity contribution in [2.45, 2.75) is 12.8 Å². The van der Waals surface area contributed by atoms with Crippen LogP contribution in [0.5, 0.6) is 0 Å². The first-order chi connectivity index (χ1) is 8.81. The minimum absolute atomic E-state index is 0.804. The molecule has 1 fully saturated rings. The SMILES string of the molecule is CN1CCC(CNc2ccc3cn[nH]c3c2)CC1. The van der Waals surface area contributed by atoms with E-state index in [1.54, 1.807) is 0 Å². The molecule has 1 aromatic heterocycles. The smallest absolute Gasteiger partial charge is 0.0670 e. The number of anilines is 1. The molecule has 0 saturated carbocycles. The van der Waals surface area contributed by atoms with E-state index < -0.39 is 0 Å². The molecule has 2 heterocycles. The topological polar surface area (TPSA) is 44.0 Å². The molecule has 0 aliphatic carbocycles. The van der Waals surface area contributed by atoms with Crippen LogP contribution in [0.1, 0.15) is 12.8 Å². The van der Waals surface area contributed by atoms with E-state index in [9.17, 15) is 0 Å². The molecule has 1 aromatic carbocycles. The van der Waals surface area contributed by atoms with Crippen LogP contribution in [-0.4, -0.2) is 41.8 Å². The Bertz CT molecular complexity index is 511. The van der Waals surface area contributed by atoms with Crippen LogP contribution in [0.25, 0.3) is 10.9 Å². The Kier molecular flexibility index (Phi) is 3.19. The zero-order valence-corrected chi connectivity index (χ0v) is 10.8. The summed E-state index contributed by atoms with van der Waals surface area (Å²) in [6.07, 6.45) is 4.46. The maximum Gasteiger partial charge on any atom is 0.0670 e. The molecule has 0 amide bonds. The summed E-state index contributed by atoms with van der Waals surface area (Å²) in [5.41, 5.74) is 2.29. The Morgan fingerprint density at radius 1 is 1.39 bits per heavy atom. The summed E-state index contributed by atoms with van der Waals surface area (Å²) in [6, 6.07) is 6.37. The number of H-pyrrole nitrogens is 1. The highest BCUT2D eigenvalue weighted by Gasteiger charge is 2.16. The van der Waals surface area contributed by atoms with Gasteiger partial charge in [0.1, 0.15) is 0 Å². The van der Waals surface area contributed by atoms with Gasteiger partial charge < -0.3 is 10.2 Å². The molecule has 96 valence electrons. The Hall–Kier alpha value is -1.55. The molecule has 3 rings (SSSR count). The zero-order valence-electron chi connectivity index (χ0n) is 10.8. The van der Waals surface area contributed by atoms with Crippen LogP contribution in [0.4, 0.5) is 5.69 Å². The van der Waals surface area contributed by atoms with Gasteiger partial charge in [0.15, 0.2) is 0 Å². The fourth-order valence-corrected chi connectivity index (χ4v) is 2.58. The summed E-state index contributed by atoms with van der Waals surface area (Å²) in [5, 5.41) is 11.8. The third-order valence-electron chi connectivity index (χ3n) is 3.87. The molecule has 0 spiro atoms. The molecule has 4 nitrogen and oxygen atoms in total. The number of fused-ring (bicyclic) bond motifs is 1. The van der Waals surface area contributed by atoms with Crippen LogP contribution in [0.3, 0.4) is 0 Å². The van der Waals surface area contributed by atoms with Crippen molar-refractivity contribution in [1.29, 1.82) is 0 Å². The summed E-state index contributed by atoms with van der Waals surface area (Å²) in [5.74, 6) is 0.804. The van der Waals surface area contributed by atoms with Crippen molar-refractivity contribution < 1.29 is 0 Å². The number of piperidine rings is 1. The van der Waals surface area contributed by atoms with Crippen LogP contribution < -0.4 is 5.32 Å². The number of aromatic nitrogens is 2. The van der Waals surface area contributed by atoms with E-state index in [-0.39, 0.29) is 0 Å². The van der Waals surface area contributed by atoms with Gasteiger partial charge in [0.05, 0.1) is 11.7 Å². The first kappa shape index (κ1) is 11.5. The van der Waals surface area contributed by atoms with Crippen molar-refractivity contribution in [1.82, 2.24) is 15.1 Å². The zero-order chi connectivity index (χ0) is 12.4. The second-order valence-corrected chi connectivity index (χ2v) is 5.30. The lowest BCUT2D eigenvalue weighted by molar-refractivity contribution is 0.226. The van der Waals surface area contributed by atoms with E-state index in [4.69, 9.17) is 0 Å². The number of likely N-dealkylation sites (tertiary alicyclic amines) is 1. The molecular weight excluding hydrogens is 224 g/mol. The third kappa shape index (κ3) is 2.48. The quantitative estimate of drug-likeness (QED) is 0.871. The van der Waals surface area contributed by atoms with E-state index in [0.29, 0.717) is 0 Å². The van der Waals surface area contributed by atoms with Gasteiger partial charge in [0.2, 0.25) is 0 Å². The standard InChI is InChI=1S/C14H20N4/c1-18-6-4-11(5-7-18)9-15-13-3-2-12-10-16-17-14(12)8-13/h2-3,8,10-11,15H,4-7,9H2,1H3,(H,16,17). The maximum absolute atomic E-state index is 4.04. The monoisotopic (exact) mass is 244 g/mol. The second-order valence-electron chi connectivity index (χ2n) is 5.30. The number of hydrogen-bond acceptors (Lipinski definition) is 3. The Labute approximate surface area is 107 Å². The molecule has 1 saturated heterocycles. The lowest BCUT2D eigenvalue weighted by Gasteiger charge is -2.29. The maximum atomic E-state index is 4.04. The molecule has 0 bridgehead atoms. The van der Waals surface area contributed by atoms with Gasteiger partial charge in [-0.3, -0.25) is 5.10 Å². The van der Waals surface area contributed by atoms with Gasteiger partial charge in [-0.2, -0.15) is 5.10 Å². The number of hydrogen-bond donors (Lipinski definition) is 2. The predicted octanol–water partition coefficient (Wildman–Crippen LogP) is 2.32. The van der Waals surface area contributed by atoms with E-state index in [1.165, 1.54) is 37.0 Å². The molecule has 1 aliphatic heterocycles. The fourth-order valence-electron chi connectivity index (χ4n) is 2.58. The van der Waals surface area contributed by atoms with Crippen LogP contribution in [0.15, 0.2) is 24.4 Å². The lowest BCUT2D eigenvalue weighted by Crippen LogP contribution is -2.32. The fraction of sp³-hybridized carbons (Fsp3) is 0.500. The third-order valence-corrected chi connectivity index (χ3v) is 3.87. The van der Waals surface area contributed by atoms with Crippen LogP contribution >= 0.6 is 0 Å². The van der Waals surface area contributed by atoms with Crippen molar-refractivity contribution in [3.05, 3.63) is 24.4 Å². The molecule has 0 unspecified atom stereocenters. The number of benzene rings is 1. The van der Waals surface area contributed by atoms with Crippen molar-refractivity contribution in [3.8, 4) is 0 Å². The first-order valence-electron chi connectivity index (χ1n) is 6.67. The van der Waals surface area contributed by atoms with Gasteiger partial charge in [-0.15, -0.1) is 0 Å². The summed E-state index contributed by atoms with van der Waals surface area (Å²) >= 11 is 0. The average molecular weight is 244 g/mol. The number of rotatable bonds is 3. The van der Waals surface area contributed by atoms with E-state index in [1.807, 2.05) is 6.20 Å². The molecular formula is C14H20N4. The van der Waals surface area contributed by atoms with Crippen LogP contribution in [0.2, 0.25) is 0 Å². The second kappa shape index (κ2) is 4.98. The average Bonchev–Trinajstić information content (AvgIpc) is 2.85. The van der Waals surface area contributed by atoms with E-state index in [2.05, 4.69) is 45.7 Å². The highest BCUT2D eigenvalue weighted by molar-refractivity contribution is 5.81. The minimum Gasteiger partial charge on any atom is -0.385 e. The van der Waals surface area contributed by atoms with Gasteiger partial charge in [-0.05, 0) is 57.1 Å². The van der Waals surface area contributed by atoms with Crippen LogP contribution in [-0.2, 0) is 0 Å². The summed E-state index contributed by atoms with van der Waals surface area (Å²) in [7, 11) is 2.20. The normalized spacial score (nSPS) is 18.3. The first-order valence-corrected chi connectivity index (χ1v) is 6.67. The number of aromatic amines is 1. The van der Waals surface area contributed by atoms with E-state index in [0.717, 1.165) is 18.0 Å². The molecule has 2 N–H and O–H groups in total. The molecule has 1 aliphatic rings. The van der Waals surface area contributed by atoms with Gasteiger partial charge in [0, 0.05) is 17.6 Å². The molecule has 4 heteroatoms. The highest BCUT2D eigenvalue weighted by atomic mass is 15.1. The number of nitrogens with zero attached hydrogens (tertiary/aromatic N) is 2. The van der Waals surface area contributed by atoms with Gasteiger partial charge in [-0.25, -0.2) is 0 Å². The van der Waals surface area contributed by atoms with Crippen LogP contribution in [0, 0.1) is 5.92 Å². The summed E-state index contributed by atoms with van der Waals surface area (Å²) in [6.45, 7) is 3.53. The van der Waals surface area contributed by atoms with Crippen molar-refractivity contribution in [2.24, 2.45) is 5.92 Å². The highest BCUT2D eigenvalue weighted by Crippen LogP contribution is 2.19. The summed E-state index contributed by atoms with van der Waals surface area (Å²) < 4.78 is 0.